The summed E-state index contributed by atoms with van der Waals surface area (Å²) < 4.78 is 1.85. The molecule has 3 aromatic rings. The maximum atomic E-state index is 12.8. The summed E-state index contributed by atoms with van der Waals surface area (Å²) in [5.74, 6) is -0.293. The molecule has 0 aliphatic heterocycles. The molecule has 29 heavy (non-hydrogen) atoms. The van der Waals surface area contributed by atoms with Crippen LogP contribution in [0.5, 0.6) is 0 Å². The van der Waals surface area contributed by atoms with Crippen molar-refractivity contribution in [2.45, 2.75) is 25.5 Å². The Labute approximate surface area is 174 Å². The first-order valence-electron chi connectivity index (χ1n) is 9.34. The van der Waals surface area contributed by atoms with E-state index in [0.29, 0.717) is 12.2 Å². The van der Waals surface area contributed by atoms with E-state index in [1.54, 1.807) is 6.20 Å². The minimum absolute atomic E-state index is 0.0233. The molecular formula is C22H24N4O2S. The van der Waals surface area contributed by atoms with E-state index >= 15 is 0 Å². The second kappa shape index (κ2) is 9.43. The number of hydrogen-bond acceptors (Lipinski definition) is 4. The molecular weight excluding hydrogens is 384 g/mol. The van der Waals surface area contributed by atoms with Crippen LogP contribution in [0.25, 0.3) is 5.69 Å². The number of hydrogen-bond donors (Lipinski definition) is 2. The van der Waals surface area contributed by atoms with E-state index in [1.165, 1.54) is 11.8 Å². The minimum atomic E-state index is -0.196. The van der Waals surface area contributed by atoms with Crippen molar-refractivity contribution in [3.63, 3.8) is 0 Å². The van der Waals surface area contributed by atoms with Crippen LogP contribution in [0.1, 0.15) is 29.9 Å². The Hall–Kier alpha value is -3.06. The average Bonchev–Trinajstić information content (AvgIpc) is 3.18. The Kier molecular flexibility index (Phi) is 6.72. The number of imidazole rings is 1. The topological polar surface area (TPSA) is 76.0 Å². The zero-order valence-electron chi connectivity index (χ0n) is 16.7. The lowest BCUT2D eigenvalue weighted by Gasteiger charge is -2.12. The summed E-state index contributed by atoms with van der Waals surface area (Å²) in [4.78, 5) is 28.9. The number of para-hydroxylation sites is 1. The maximum Gasteiger partial charge on any atom is 0.270 e. The summed E-state index contributed by atoms with van der Waals surface area (Å²) >= 11 is 1.49. The monoisotopic (exact) mass is 408 g/mol. The van der Waals surface area contributed by atoms with Crippen LogP contribution in [0.3, 0.4) is 0 Å². The number of nitrogens with one attached hydrogen (secondary N) is 2. The highest BCUT2D eigenvalue weighted by Crippen LogP contribution is 2.21. The number of benzene rings is 2. The second-order valence-corrected chi connectivity index (χ2v) is 7.60. The Balaban J connectivity index is 1.69. The summed E-state index contributed by atoms with van der Waals surface area (Å²) in [6.07, 6.45) is 3.53. The van der Waals surface area contributed by atoms with Crippen molar-refractivity contribution in [2.75, 3.05) is 11.6 Å². The van der Waals surface area contributed by atoms with Gasteiger partial charge in [0.1, 0.15) is 5.69 Å². The van der Waals surface area contributed by atoms with Crippen LogP contribution in [0.15, 0.2) is 66.0 Å². The SMILES string of the molecule is CSc1ncc(C(=O)NCc2ccc(NC(=O)C(C)C)cc2)n1-c1ccccc1. The molecule has 1 heterocycles. The zero-order chi connectivity index (χ0) is 20.8. The van der Waals surface area contributed by atoms with E-state index in [2.05, 4.69) is 15.6 Å². The van der Waals surface area contributed by atoms with Crippen molar-refractivity contribution in [2.24, 2.45) is 5.92 Å². The van der Waals surface area contributed by atoms with Crippen molar-refractivity contribution in [1.29, 1.82) is 0 Å². The third kappa shape index (κ3) is 5.06. The molecule has 0 saturated heterocycles. The molecule has 0 radical (unpaired) electrons. The lowest BCUT2D eigenvalue weighted by Crippen LogP contribution is -2.25. The molecule has 6 nitrogen and oxygen atoms in total. The van der Waals surface area contributed by atoms with Gasteiger partial charge in [0, 0.05) is 23.8 Å². The van der Waals surface area contributed by atoms with Crippen LogP contribution >= 0.6 is 11.8 Å². The molecule has 0 spiro atoms. The molecule has 1 aromatic heterocycles. The smallest absolute Gasteiger partial charge is 0.270 e. The largest absolute Gasteiger partial charge is 0.347 e. The van der Waals surface area contributed by atoms with Gasteiger partial charge in [0.2, 0.25) is 5.91 Å². The Morgan fingerprint density at radius 1 is 1.07 bits per heavy atom. The average molecular weight is 409 g/mol. The Morgan fingerprint density at radius 2 is 1.76 bits per heavy atom. The lowest BCUT2D eigenvalue weighted by molar-refractivity contribution is -0.118. The van der Waals surface area contributed by atoms with E-state index in [9.17, 15) is 9.59 Å². The van der Waals surface area contributed by atoms with Crippen molar-refractivity contribution in [1.82, 2.24) is 14.9 Å². The summed E-state index contributed by atoms with van der Waals surface area (Å²) in [7, 11) is 0. The molecule has 0 bridgehead atoms. The van der Waals surface area contributed by atoms with Gasteiger partial charge in [-0.2, -0.15) is 0 Å². The normalized spacial score (nSPS) is 10.8. The number of anilines is 1. The third-order valence-electron chi connectivity index (χ3n) is 4.36. The van der Waals surface area contributed by atoms with Gasteiger partial charge in [0.05, 0.1) is 6.20 Å². The van der Waals surface area contributed by atoms with Gasteiger partial charge in [0.15, 0.2) is 5.16 Å². The summed E-state index contributed by atoms with van der Waals surface area (Å²) in [5.41, 5.74) is 3.06. The van der Waals surface area contributed by atoms with E-state index in [4.69, 9.17) is 0 Å². The fourth-order valence-electron chi connectivity index (χ4n) is 2.73. The quantitative estimate of drug-likeness (QED) is 0.577. The maximum absolute atomic E-state index is 12.8. The van der Waals surface area contributed by atoms with Gasteiger partial charge >= 0.3 is 0 Å². The van der Waals surface area contributed by atoms with E-state index in [0.717, 1.165) is 22.1 Å². The van der Waals surface area contributed by atoms with Gasteiger partial charge < -0.3 is 10.6 Å². The van der Waals surface area contributed by atoms with Crippen molar-refractivity contribution in [3.05, 3.63) is 72.1 Å². The van der Waals surface area contributed by atoms with Crippen molar-refractivity contribution >= 4 is 29.3 Å². The molecule has 0 saturated carbocycles. The van der Waals surface area contributed by atoms with Crippen molar-refractivity contribution < 1.29 is 9.59 Å². The predicted molar refractivity (Wildman–Crippen MR) is 116 cm³/mol. The van der Waals surface area contributed by atoms with Gasteiger partial charge in [-0.1, -0.05) is 55.9 Å². The number of aromatic nitrogens is 2. The molecule has 7 heteroatoms. The Morgan fingerprint density at radius 3 is 2.38 bits per heavy atom. The highest BCUT2D eigenvalue weighted by atomic mass is 32.2. The number of thioether (sulfide) groups is 1. The first-order chi connectivity index (χ1) is 14.0. The number of carbonyl (C=O) groups excluding carboxylic acids is 2. The summed E-state index contributed by atoms with van der Waals surface area (Å²) in [6.45, 7) is 4.08. The van der Waals surface area contributed by atoms with Crippen molar-refractivity contribution in [3.8, 4) is 5.69 Å². The fraction of sp³-hybridized carbons (Fsp3) is 0.227. The van der Waals surface area contributed by atoms with E-state index in [1.807, 2.05) is 79.3 Å². The minimum Gasteiger partial charge on any atom is -0.347 e. The van der Waals surface area contributed by atoms with Crippen LogP contribution in [-0.4, -0.2) is 27.6 Å². The molecule has 0 atom stereocenters. The molecule has 150 valence electrons. The molecule has 0 aliphatic carbocycles. The molecule has 2 N–H and O–H groups in total. The summed E-state index contributed by atoms with van der Waals surface area (Å²) in [6, 6.07) is 17.1. The fourth-order valence-corrected chi connectivity index (χ4v) is 3.28. The lowest BCUT2D eigenvalue weighted by atomic mass is 10.1. The predicted octanol–water partition coefficient (Wildman–Crippen LogP) is 4.12. The van der Waals surface area contributed by atoms with Crippen LogP contribution in [0.2, 0.25) is 0 Å². The molecule has 0 fully saturated rings. The molecule has 0 unspecified atom stereocenters. The first-order valence-corrected chi connectivity index (χ1v) is 10.6. The van der Waals surface area contributed by atoms with Gasteiger partial charge in [-0.05, 0) is 36.1 Å². The zero-order valence-corrected chi connectivity index (χ0v) is 17.5. The molecule has 0 aliphatic rings. The van der Waals surface area contributed by atoms with Crippen LogP contribution in [-0.2, 0) is 11.3 Å². The summed E-state index contributed by atoms with van der Waals surface area (Å²) in [5, 5.41) is 6.55. The van der Waals surface area contributed by atoms with E-state index < -0.39 is 0 Å². The number of rotatable bonds is 7. The van der Waals surface area contributed by atoms with Gasteiger partial charge in [0.25, 0.3) is 5.91 Å². The molecule has 2 amide bonds. The first kappa shape index (κ1) is 20.7. The van der Waals surface area contributed by atoms with Gasteiger partial charge in [-0.15, -0.1) is 0 Å². The number of carbonyl (C=O) groups is 2. The highest BCUT2D eigenvalue weighted by Gasteiger charge is 2.17. The van der Waals surface area contributed by atoms with Crippen LogP contribution in [0.4, 0.5) is 5.69 Å². The molecule has 3 rings (SSSR count). The second-order valence-electron chi connectivity index (χ2n) is 6.82. The van der Waals surface area contributed by atoms with Crippen LogP contribution in [0, 0.1) is 5.92 Å². The van der Waals surface area contributed by atoms with E-state index in [-0.39, 0.29) is 17.7 Å². The van der Waals surface area contributed by atoms with Gasteiger partial charge in [-0.25, -0.2) is 4.98 Å². The number of amides is 2. The standard InChI is InChI=1S/C22H24N4O2S/c1-15(2)20(27)25-17-11-9-16(10-12-17)13-23-21(28)19-14-24-22(29-3)26(19)18-7-5-4-6-8-18/h4-12,14-15H,13H2,1-3H3,(H,23,28)(H,25,27). The van der Waals surface area contributed by atoms with Crippen LogP contribution < -0.4 is 10.6 Å². The number of nitrogens with zero attached hydrogens (tertiary/aromatic N) is 2. The third-order valence-corrected chi connectivity index (χ3v) is 5.01. The Bertz CT molecular complexity index is 982. The molecule has 2 aromatic carbocycles. The highest BCUT2D eigenvalue weighted by molar-refractivity contribution is 7.98. The van der Waals surface area contributed by atoms with Gasteiger partial charge in [-0.3, -0.25) is 14.2 Å².